The van der Waals surface area contributed by atoms with Crippen LogP contribution in [0.15, 0.2) is 18.2 Å². The number of halogens is 1. The Morgan fingerprint density at radius 1 is 1.44 bits per heavy atom. The van der Waals surface area contributed by atoms with Gasteiger partial charge in [0, 0.05) is 19.2 Å². The molecule has 0 radical (unpaired) electrons. The maximum absolute atomic E-state index is 13.1. The van der Waals surface area contributed by atoms with E-state index in [1.54, 1.807) is 6.92 Å². The predicted octanol–water partition coefficient (Wildman–Crippen LogP) is 0.960. The Morgan fingerprint density at radius 3 is 2.78 bits per heavy atom. The van der Waals surface area contributed by atoms with Gasteiger partial charge in [-0.05, 0) is 18.6 Å². The lowest BCUT2D eigenvalue weighted by Gasteiger charge is -2.05. The third-order valence-corrected chi connectivity index (χ3v) is 2.14. The van der Waals surface area contributed by atoms with Crippen LogP contribution >= 0.6 is 0 Å². The molecule has 0 aliphatic carbocycles. The van der Waals surface area contributed by atoms with E-state index in [1.807, 2.05) is 0 Å². The number of non-ortho nitro benzene ring substituents is 1. The molecule has 0 fully saturated rings. The Balaban J connectivity index is 2.57. The SMILES string of the molecule is CCNC(=O)CNCc1cc(F)cc([N+](=O)[O-])c1. The summed E-state index contributed by atoms with van der Waals surface area (Å²) in [6, 6.07) is 3.32. The third-order valence-electron chi connectivity index (χ3n) is 2.14. The number of carbonyl (C=O) groups is 1. The van der Waals surface area contributed by atoms with Crippen molar-refractivity contribution in [3.8, 4) is 0 Å². The number of nitro groups is 1. The van der Waals surface area contributed by atoms with Crippen LogP contribution in [0.5, 0.6) is 0 Å². The molecule has 1 rings (SSSR count). The molecule has 1 amide bonds. The molecule has 0 bridgehead atoms. The fourth-order valence-corrected chi connectivity index (χ4v) is 1.42. The fraction of sp³-hybridized carbons (Fsp3) is 0.364. The van der Waals surface area contributed by atoms with E-state index < -0.39 is 10.7 Å². The molecule has 6 nitrogen and oxygen atoms in total. The van der Waals surface area contributed by atoms with Gasteiger partial charge in [-0.3, -0.25) is 14.9 Å². The quantitative estimate of drug-likeness (QED) is 0.585. The van der Waals surface area contributed by atoms with E-state index in [4.69, 9.17) is 0 Å². The van der Waals surface area contributed by atoms with E-state index in [9.17, 15) is 19.3 Å². The molecule has 0 spiro atoms. The number of rotatable bonds is 6. The normalized spacial score (nSPS) is 10.1. The van der Waals surface area contributed by atoms with Crippen LogP contribution in [0.25, 0.3) is 0 Å². The fourth-order valence-electron chi connectivity index (χ4n) is 1.42. The molecule has 0 atom stereocenters. The largest absolute Gasteiger partial charge is 0.355 e. The van der Waals surface area contributed by atoms with Gasteiger partial charge >= 0.3 is 0 Å². The summed E-state index contributed by atoms with van der Waals surface area (Å²) in [4.78, 5) is 21.0. The molecule has 2 N–H and O–H groups in total. The van der Waals surface area contributed by atoms with E-state index in [-0.39, 0.29) is 24.7 Å². The minimum absolute atomic E-state index is 0.0815. The van der Waals surface area contributed by atoms with Crippen molar-refractivity contribution in [1.82, 2.24) is 10.6 Å². The second-order valence-corrected chi connectivity index (χ2v) is 3.63. The summed E-state index contributed by atoms with van der Waals surface area (Å²) in [5, 5.41) is 15.9. The minimum Gasteiger partial charge on any atom is -0.355 e. The average Bonchev–Trinajstić information content (AvgIpc) is 2.28. The van der Waals surface area contributed by atoms with Crippen molar-refractivity contribution >= 4 is 11.6 Å². The van der Waals surface area contributed by atoms with Gasteiger partial charge in [-0.15, -0.1) is 0 Å². The molecule has 7 heteroatoms. The number of carbonyl (C=O) groups excluding carboxylic acids is 1. The number of nitrogens with one attached hydrogen (secondary N) is 2. The number of hydrogen-bond donors (Lipinski definition) is 2. The first kappa shape index (κ1) is 14.0. The number of hydrogen-bond acceptors (Lipinski definition) is 4. The number of benzene rings is 1. The zero-order chi connectivity index (χ0) is 13.5. The molecule has 1 aromatic carbocycles. The monoisotopic (exact) mass is 255 g/mol. The van der Waals surface area contributed by atoms with Gasteiger partial charge in [0.05, 0.1) is 17.5 Å². The Bertz CT molecular complexity index is 451. The molecule has 0 unspecified atom stereocenters. The second kappa shape index (κ2) is 6.65. The molecule has 0 aliphatic rings. The lowest BCUT2D eigenvalue weighted by atomic mass is 10.2. The first-order valence-corrected chi connectivity index (χ1v) is 5.44. The van der Waals surface area contributed by atoms with Gasteiger partial charge in [-0.1, -0.05) is 0 Å². The van der Waals surface area contributed by atoms with Crippen molar-refractivity contribution in [1.29, 1.82) is 0 Å². The molecule has 0 aromatic heterocycles. The number of likely N-dealkylation sites (N-methyl/N-ethyl adjacent to an activating group) is 1. The van der Waals surface area contributed by atoms with E-state index in [0.717, 1.165) is 6.07 Å². The van der Waals surface area contributed by atoms with Crippen molar-refractivity contribution in [2.24, 2.45) is 0 Å². The van der Waals surface area contributed by atoms with Crippen LogP contribution < -0.4 is 10.6 Å². The summed E-state index contributed by atoms with van der Waals surface area (Å²) in [6.07, 6.45) is 0. The van der Waals surface area contributed by atoms with Crippen LogP contribution in [-0.4, -0.2) is 23.9 Å². The molecular formula is C11H14FN3O3. The van der Waals surface area contributed by atoms with Gasteiger partial charge in [-0.25, -0.2) is 4.39 Å². The molecule has 0 aliphatic heterocycles. The molecule has 0 saturated carbocycles. The van der Waals surface area contributed by atoms with Gasteiger partial charge in [0.25, 0.3) is 5.69 Å². The lowest BCUT2D eigenvalue weighted by Crippen LogP contribution is -2.33. The summed E-state index contributed by atoms with van der Waals surface area (Å²) < 4.78 is 13.1. The molecule has 0 saturated heterocycles. The van der Waals surface area contributed by atoms with E-state index >= 15 is 0 Å². The van der Waals surface area contributed by atoms with Crippen molar-refractivity contribution in [3.05, 3.63) is 39.7 Å². The number of amides is 1. The predicted molar refractivity (Wildman–Crippen MR) is 63.4 cm³/mol. The van der Waals surface area contributed by atoms with E-state index in [2.05, 4.69) is 10.6 Å². The highest BCUT2D eigenvalue weighted by molar-refractivity contribution is 5.77. The highest BCUT2D eigenvalue weighted by Gasteiger charge is 2.09. The van der Waals surface area contributed by atoms with Crippen molar-refractivity contribution in [2.45, 2.75) is 13.5 Å². The van der Waals surface area contributed by atoms with Gasteiger partial charge in [0.15, 0.2) is 0 Å². The summed E-state index contributed by atoms with van der Waals surface area (Å²) >= 11 is 0. The Kier molecular flexibility index (Phi) is 5.19. The van der Waals surface area contributed by atoms with Crippen LogP contribution in [-0.2, 0) is 11.3 Å². The van der Waals surface area contributed by atoms with Crippen LogP contribution in [0.4, 0.5) is 10.1 Å². The first-order valence-electron chi connectivity index (χ1n) is 5.44. The van der Waals surface area contributed by atoms with Gasteiger partial charge in [0.2, 0.25) is 5.91 Å². The second-order valence-electron chi connectivity index (χ2n) is 3.63. The summed E-state index contributed by atoms with van der Waals surface area (Å²) in [6.45, 7) is 2.60. The number of nitrogens with zero attached hydrogens (tertiary/aromatic N) is 1. The first-order chi connectivity index (χ1) is 8.52. The van der Waals surface area contributed by atoms with E-state index in [1.165, 1.54) is 12.1 Å². The lowest BCUT2D eigenvalue weighted by molar-refractivity contribution is -0.385. The Morgan fingerprint density at radius 2 is 2.17 bits per heavy atom. The van der Waals surface area contributed by atoms with Crippen molar-refractivity contribution < 1.29 is 14.1 Å². The molecular weight excluding hydrogens is 241 g/mol. The van der Waals surface area contributed by atoms with Crippen LogP contribution in [0.2, 0.25) is 0 Å². The summed E-state index contributed by atoms with van der Waals surface area (Å²) in [5.74, 6) is -0.845. The third kappa shape index (κ3) is 4.46. The Labute approximate surface area is 103 Å². The molecule has 98 valence electrons. The Hall–Kier alpha value is -2.02. The zero-order valence-electron chi connectivity index (χ0n) is 9.90. The van der Waals surface area contributed by atoms with Gasteiger partial charge < -0.3 is 10.6 Å². The van der Waals surface area contributed by atoms with Crippen LogP contribution in [0.1, 0.15) is 12.5 Å². The maximum Gasteiger partial charge on any atom is 0.272 e. The molecule has 0 heterocycles. The number of nitro benzene ring substituents is 1. The standard InChI is InChI=1S/C11H14FN3O3/c1-2-14-11(16)7-13-6-8-3-9(12)5-10(4-8)15(17)18/h3-5,13H,2,6-7H2,1H3,(H,14,16). The summed E-state index contributed by atoms with van der Waals surface area (Å²) in [7, 11) is 0. The minimum atomic E-state index is -0.668. The van der Waals surface area contributed by atoms with Crippen LogP contribution in [0.3, 0.4) is 0 Å². The van der Waals surface area contributed by atoms with Gasteiger partial charge in [-0.2, -0.15) is 0 Å². The van der Waals surface area contributed by atoms with Crippen molar-refractivity contribution in [3.63, 3.8) is 0 Å². The van der Waals surface area contributed by atoms with Crippen molar-refractivity contribution in [2.75, 3.05) is 13.1 Å². The highest BCUT2D eigenvalue weighted by Crippen LogP contribution is 2.15. The smallest absolute Gasteiger partial charge is 0.272 e. The highest BCUT2D eigenvalue weighted by atomic mass is 19.1. The van der Waals surface area contributed by atoms with Gasteiger partial charge in [0.1, 0.15) is 5.82 Å². The summed E-state index contributed by atoms with van der Waals surface area (Å²) in [5.41, 5.74) is 0.121. The maximum atomic E-state index is 13.1. The van der Waals surface area contributed by atoms with E-state index in [0.29, 0.717) is 12.1 Å². The average molecular weight is 255 g/mol. The van der Waals surface area contributed by atoms with Crippen LogP contribution in [0, 0.1) is 15.9 Å². The molecule has 18 heavy (non-hydrogen) atoms. The molecule has 1 aromatic rings. The topological polar surface area (TPSA) is 84.3 Å². The zero-order valence-corrected chi connectivity index (χ0v) is 9.90.